The molecule has 1 atom stereocenters. The molecule has 9 heteroatoms. The molecule has 1 aromatic heterocycles. The molecule has 0 aromatic carbocycles. The number of hydrogen-bond donors (Lipinski definition) is 1. The van der Waals surface area contributed by atoms with E-state index in [0.29, 0.717) is 16.8 Å². The minimum atomic E-state index is -2.85. The summed E-state index contributed by atoms with van der Waals surface area (Å²) in [6, 6.07) is 2.26. The van der Waals surface area contributed by atoms with Gasteiger partial charge in [-0.25, -0.2) is 18.4 Å². The highest BCUT2D eigenvalue weighted by molar-refractivity contribution is 7.99. The van der Waals surface area contributed by atoms with Crippen LogP contribution in [-0.4, -0.2) is 71.1 Å². The zero-order chi connectivity index (χ0) is 20.3. The van der Waals surface area contributed by atoms with Crippen molar-refractivity contribution in [3.05, 3.63) is 18.5 Å². The molecule has 29 heavy (non-hydrogen) atoms. The lowest BCUT2D eigenvalue weighted by Gasteiger charge is -2.36. The van der Waals surface area contributed by atoms with Gasteiger partial charge in [-0.05, 0) is 64.1 Å². The van der Waals surface area contributed by atoms with Gasteiger partial charge < -0.3 is 5.32 Å². The molecule has 1 N–H and O–H groups in total. The summed E-state index contributed by atoms with van der Waals surface area (Å²) in [6.45, 7) is 1.66. The van der Waals surface area contributed by atoms with Crippen molar-refractivity contribution in [2.75, 3.05) is 24.6 Å². The second-order valence-corrected chi connectivity index (χ2v) is 12.0. The van der Waals surface area contributed by atoms with Gasteiger partial charge in [0.05, 0.1) is 11.5 Å². The Morgan fingerprint density at radius 1 is 1.03 bits per heavy atom. The average Bonchev–Trinajstić information content (AvgIpc) is 3.10. The van der Waals surface area contributed by atoms with Crippen LogP contribution in [0.15, 0.2) is 23.6 Å². The monoisotopic (exact) mass is 438 g/mol. The van der Waals surface area contributed by atoms with Crippen molar-refractivity contribution in [3.63, 3.8) is 0 Å². The van der Waals surface area contributed by atoms with Crippen molar-refractivity contribution in [2.24, 2.45) is 5.92 Å². The third-order valence-corrected chi connectivity index (χ3v) is 9.44. The highest BCUT2D eigenvalue weighted by Crippen LogP contribution is 2.32. The lowest BCUT2D eigenvalue weighted by Crippen LogP contribution is -2.47. The zero-order valence-electron chi connectivity index (χ0n) is 16.7. The third-order valence-electron chi connectivity index (χ3n) is 6.46. The molecule has 7 nitrogen and oxygen atoms in total. The number of piperidine rings is 1. The Kier molecular flexibility index (Phi) is 6.76. The van der Waals surface area contributed by atoms with Crippen LogP contribution < -0.4 is 5.32 Å². The second kappa shape index (κ2) is 9.31. The van der Waals surface area contributed by atoms with Crippen LogP contribution in [0.3, 0.4) is 0 Å². The van der Waals surface area contributed by atoms with Gasteiger partial charge in [0.2, 0.25) is 5.91 Å². The van der Waals surface area contributed by atoms with E-state index in [4.69, 9.17) is 0 Å². The van der Waals surface area contributed by atoms with Gasteiger partial charge in [-0.2, -0.15) is 0 Å². The minimum absolute atomic E-state index is 0.0640. The molecule has 2 saturated heterocycles. The molecule has 0 spiro atoms. The SMILES string of the molecule is O=C(NC1CCC(Sc2ncccn2)CC1)C1CCN(C2CCS(=O)(=O)C2)CC1. The first-order valence-corrected chi connectivity index (χ1v) is 13.4. The maximum absolute atomic E-state index is 12.7. The predicted octanol–water partition coefficient (Wildman–Crippen LogP) is 1.90. The summed E-state index contributed by atoms with van der Waals surface area (Å²) < 4.78 is 23.4. The van der Waals surface area contributed by atoms with Crippen LogP contribution in [0, 0.1) is 5.92 Å². The Balaban J connectivity index is 1.17. The molecule has 3 fully saturated rings. The van der Waals surface area contributed by atoms with Gasteiger partial charge in [0.1, 0.15) is 0 Å². The summed E-state index contributed by atoms with van der Waals surface area (Å²) in [5.41, 5.74) is 0. The first-order chi connectivity index (χ1) is 14.0. The highest BCUT2D eigenvalue weighted by Gasteiger charge is 2.35. The summed E-state index contributed by atoms with van der Waals surface area (Å²) in [6.07, 6.45) is 10.1. The number of hydrogen-bond acceptors (Lipinski definition) is 7. The van der Waals surface area contributed by atoms with E-state index < -0.39 is 9.84 Å². The van der Waals surface area contributed by atoms with E-state index >= 15 is 0 Å². The molecular formula is C20H30N4O3S2. The molecule has 160 valence electrons. The largest absolute Gasteiger partial charge is 0.353 e. The van der Waals surface area contributed by atoms with Gasteiger partial charge in [0.25, 0.3) is 0 Å². The number of carbonyl (C=O) groups is 1. The van der Waals surface area contributed by atoms with Crippen LogP contribution in [0.1, 0.15) is 44.9 Å². The lowest BCUT2D eigenvalue weighted by atomic mass is 9.91. The number of carbonyl (C=O) groups excluding carboxylic acids is 1. The number of sulfone groups is 1. The Bertz CT molecular complexity index is 789. The van der Waals surface area contributed by atoms with E-state index in [1.165, 1.54) is 0 Å². The van der Waals surface area contributed by atoms with Gasteiger partial charge in [-0.1, -0.05) is 11.8 Å². The Labute approximate surface area is 177 Å². The van der Waals surface area contributed by atoms with Crippen molar-refractivity contribution < 1.29 is 13.2 Å². The van der Waals surface area contributed by atoms with E-state index in [1.54, 1.807) is 24.2 Å². The van der Waals surface area contributed by atoms with E-state index in [1.807, 2.05) is 6.07 Å². The molecule has 3 heterocycles. The molecule has 3 aliphatic rings. The van der Waals surface area contributed by atoms with Crippen molar-refractivity contribution >= 4 is 27.5 Å². The molecule has 1 saturated carbocycles. The number of thioether (sulfide) groups is 1. The van der Waals surface area contributed by atoms with Crippen molar-refractivity contribution in [1.82, 2.24) is 20.2 Å². The number of rotatable bonds is 5. The second-order valence-electron chi connectivity index (χ2n) is 8.50. The molecule has 1 aliphatic carbocycles. The number of amides is 1. The Morgan fingerprint density at radius 2 is 1.72 bits per heavy atom. The average molecular weight is 439 g/mol. The summed E-state index contributed by atoms with van der Waals surface area (Å²) in [7, 11) is -2.85. The van der Waals surface area contributed by atoms with E-state index in [9.17, 15) is 13.2 Å². The standard InChI is InChI=1S/C20H30N4O3S2/c25-19(15-6-11-24(12-7-15)17-8-13-29(26,27)14-17)23-16-2-4-18(5-3-16)28-20-21-9-1-10-22-20/h1,9-10,15-18H,2-8,11-14H2,(H,23,25). The van der Waals surface area contributed by atoms with Crippen molar-refractivity contribution in [1.29, 1.82) is 0 Å². The molecule has 4 rings (SSSR count). The fourth-order valence-corrected chi connectivity index (χ4v) is 7.54. The molecular weight excluding hydrogens is 408 g/mol. The number of likely N-dealkylation sites (tertiary alicyclic amines) is 1. The van der Waals surface area contributed by atoms with Gasteiger partial charge in [0, 0.05) is 35.6 Å². The third kappa shape index (κ3) is 5.70. The first-order valence-electron chi connectivity index (χ1n) is 10.7. The van der Waals surface area contributed by atoms with E-state index in [0.717, 1.165) is 63.2 Å². The van der Waals surface area contributed by atoms with E-state index in [-0.39, 0.29) is 23.9 Å². The number of nitrogens with one attached hydrogen (secondary N) is 1. The minimum Gasteiger partial charge on any atom is -0.353 e. The maximum Gasteiger partial charge on any atom is 0.223 e. The first kappa shape index (κ1) is 21.1. The summed E-state index contributed by atoms with van der Waals surface area (Å²) in [4.78, 5) is 23.6. The molecule has 0 radical (unpaired) electrons. The van der Waals surface area contributed by atoms with Crippen LogP contribution >= 0.6 is 11.8 Å². The van der Waals surface area contributed by atoms with Gasteiger partial charge in [-0.15, -0.1) is 0 Å². The van der Waals surface area contributed by atoms with Crippen LogP contribution in [0.2, 0.25) is 0 Å². The molecule has 1 unspecified atom stereocenters. The molecule has 1 amide bonds. The predicted molar refractivity (Wildman–Crippen MR) is 113 cm³/mol. The summed E-state index contributed by atoms with van der Waals surface area (Å²) in [5.74, 6) is 0.856. The van der Waals surface area contributed by atoms with Gasteiger partial charge in [-0.3, -0.25) is 9.69 Å². The van der Waals surface area contributed by atoms with Crippen molar-refractivity contribution in [2.45, 2.75) is 67.4 Å². The van der Waals surface area contributed by atoms with Crippen LogP contribution in [-0.2, 0) is 14.6 Å². The summed E-state index contributed by atoms with van der Waals surface area (Å²) >= 11 is 1.74. The fraction of sp³-hybridized carbons (Fsp3) is 0.750. The van der Waals surface area contributed by atoms with E-state index in [2.05, 4.69) is 20.2 Å². The maximum atomic E-state index is 12.7. The Morgan fingerprint density at radius 3 is 2.34 bits per heavy atom. The highest BCUT2D eigenvalue weighted by atomic mass is 32.2. The smallest absolute Gasteiger partial charge is 0.223 e. The summed E-state index contributed by atoms with van der Waals surface area (Å²) in [5, 5.41) is 4.64. The Hall–Kier alpha value is -1.19. The van der Waals surface area contributed by atoms with Crippen molar-refractivity contribution in [3.8, 4) is 0 Å². The quantitative estimate of drug-likeness (QED) is 0.702. The normalized spacial score (nSPS) is 30.8. The van der Waals surface area contributed by atoms with Gasteiger partial charge >= 0.3 is 0 Å². The molecule has 1 aromatic rings. The lowest BCUT2D eigenvalue weighted by molar-refractivity contribution is -0.127. The fourth-order valence-electron chi connectivity index (χ4n) is 4.73. The topological polar surface area (TPSA) is 92.3 Å². The van der Waals surface area contributed by atoms with Crippen LogP contribution in [0.25, 0.3) is 0 Å². The van der Waals surface area contributed by atoms with Crippen LogP contribution in [0.5, 0.6) is 0 Å². The van der Waals surface area contributed by atoms with Crippen LogP contribution in [0.4, 0.5) is 0 Å². The number of aromatic nitrogens is 2. The molecule has 2 aliphatic heterocycles. The van der Waals surface area contributed by atoms with Gasteiger partial charge in [0.15, 0.2) is 15.0 Å². The zero-order valence-corrected chi connectivity index (χ0v) is 18.3. The number of nitrogens with zero attached hydrogens (tertiary/aromatic N) is 3. The molecule has 0 bridgehead atoms.